The van der Waals surface area contributed by atoms with Gasteiger partial charge in [0.1, 0.15) is 12.4 Å². The number of hydrogen-bond donors (Lipinski definition) is 1. The largest absolute Gasteiger partial charge is 0.354 e. The zero-order chi connectivity index (χ0) is 23.0. The average molecular weight is 455 g/mol. The van der Waals surface area contributed by atoms with Crippen LogP contribution in [0.2, 0.25) is 0 Å². The number of para-hydroxylation sites is 1. The molecule has 5 nitrogen and oxygen atoms in total. The third-order valence-corrected chi connectivity index (χ3v) is 7.05. The molecule has 1 unspecified atom stereocenters. The molecule has 0 aliphatic carbocycles. The molecule has 0 fully saturated rings. The SMILES string of the molecule is CCC(CNC(=O)CN(c1ccccc1)S(=O)(=O)c1ccc(F)cc1)Cc1ccccc1. The molecule has 1 amide bonds. The fraction of sp³-hybridized carbons (Fsp3) is 0.240. The molecule has 0 aliphatic heterocycles. The summed E-state index contributed by atoms with van der Waals surface area (Å²) in [4.78, 5) is 12.7. The third kappa shape index (κ3) is 6.17. The summed E-state index contributed by atoms with van der Waals surface area (Å²) in [5.74, 6) is -0.691. The minimum Gasteiger partial charge on any atom is -0.354 e. The number of nitrogens with one attached hydrogen (secondary N) is 1. The van der Waals surface area contributed by atoms with E-state index in [2.05, 4.69) is 24.4 Å². The van der Waals surface area contributed by atoms with E-state index in [1.165, 1.54) is 17.7 Å². The molecule has 0 spiro atoms. The number of anilines is 1. The topological polar surface area (TPSA) is 66.5 Å². The van der Waals surface area contributed by atoms with Crippen molar-refractivity contribution in [3.8, 4) is 0 Å². The van der Waals surface area contributed by atoms with Gasteiger partial charge in [-0.3, -0.25) is 9.10 Å². The van der Waals surface area contributed by atoms with Crippen LogP contribution in [0.25, 0.3) is 0 Å². The van der Waals surface area contributed by atoms with E-state index in [1.54, 1.807) is 30.3 Å². The predicted molar refractivity (Wildman–Crippen MR) is 124 cm³/mol. The number of nitrogens with zero attached hydrogens (tertiary/aromatic N) is 1. The first kappa shape index (κ1) is 23.5. The summed E-state index contributed by atoms with van der Waals surface area (Å²) in [5.41, 5.74) is 1.56. The number of halogens is 1. The lowest BCUT2D eigenvalue weighted by atomic mass is 9.97. The lowest BCUT2D eigenvalue weighted by molar-refractivity contribution is -0.119. The summed E-state index contributed by atoms with van der Waals surface area (Å²) in [6, 6.07) is 23.0. The third-order valence-electron chi connectivity index (χ3n) is 5.27. The molecular weight excluding hydrogens is 427 g/mol. The van der Waals surface area contributed by atoms with Gasteiger partial charge in [-0.1, -0.05) is 61.9 Å². The highest BCUT2D eigenvalue weighted by Crippen LogP contribution is 2.23. The maximum absolute atomic E-state index is 13.3. The number of carbonyl (C=O) groups is 1. The lowest BCUT2D eigenvalue weighted by Gasteiger charge is -2.24. The van der Waals surface area contributed by atoms with E-state index in [9.17, 15) is 17.6 Å². The standard InChI is InChI=1S/C25H27FN2O3S/c1-2-20(17-21-9-5-3-6-10-21)18-27-25(29)19-28(23-11-7-4-8-12-23)32(30,31)24-15-13-22(26)14-16-24/h3-16,20H,2,17-19H2,1H3,(H,27,29). The van der Waals surface area contributed by atoms with Crippen molar-refractivity contribution in [2.45, 2.75) is 24.7 Å². The zero-order valence-corrected chi connectivity index (χ0v) is 18.8. The van der Waals surface area contributed by atoms with Crippen LogP contribution in [0.1, 0.15) is 18.9 Å². The van der Waals surface area contributed by atoms with Crippen molar-refractivity contribution >= 4 is 21.6 Å². The molecule has 1 N–H and O–H groups in total. The van der Waals surface area contributed by atoms with Crippen molar-refractivity contribution < 1.29 is 17.6 Å². The summed E-state index contributed by atoms with van der Waals surface area (Å²) < 4.78 is 40.8. The van der Waals surface area contributed by atoms with E-state index in [0.29, 0.717) is 12.2 Å². The number of amides is 1. The van der Waals surface area contributed by atoms with Crippen molar-refractivity contribution in [1.82, 2.24) is 5.32 Å². The fourth-order valence-electron chi connectivity index (χ4n) is 3.40. The monoisotopic (exact) mass is 454 g/mol. The van der Waals surface area contributed by atoms with Crippen molar-refractivity contribution in [2.75, 3.05) is 17.4 Å². The van der Waals surface area contributed by atoms with Gasteiger partial charge in [0.25, 0.3) is 10.0 Å². The van der Waals surface area contributed by atoms with Gasteiger partial charge < -0.3 is 5.32 Å². The van der Waals surface area contributed by atoms with E-state index < -0.39 is 21.7 Å². The minimum absolute atomic E-state index is 0.0777. The second kappa shape index (κ2) is 10.9. The highest BCUT2D eigenvalue weighted by atomic mass is 32.2. The van der Waals surface area contributed by atoms with E-state index in [4.69, 9.17) is 0 Å². The Kier molecular flexibility index (Phi) is 8.00. The highest BCUT2D eigenvalue weighted by molar-refractivity contribution is 7.92. The molecule has 0 heterocycles. The first-order chi connectivity index (χ1) is 15.4. The normalized spacial score (nSPS) is 12.2. The molecule has 3 aromatic carbocycles. The number of benzene rings is 3. The van der Waals surface area contributed by atoms with Crippen molar-refractivity contribution in [3.63, 3.8) is 0 Å². The predicted octanol–water partition coefficient (Wildman–Crippen LogP) is 4.41. The van der Waals surface area contributed by atoms with Gasteiger partial charge >= 0.3 is 0 Å². The Morgan fingerprint density at radius 3 is 2.12 bits per heavy atom. The van der Waals surface area contributed by atoms with Gasteiger partial charge in [-0.25, -0.2) is 12.8 Å². The molecule has 0 bridgehead atoms. The van der Waals surface area contributed by atoms with Crippen LogP contribution in [0.5, 0.6) is 0 Å². The summed E-state index contributed by atoms with van der Waals surface area (Å²) in [6.45, 7) is 2.14. The Bertz CT molecular complexity index is 1100. The van der Waals surface area contributed by atoms with Gasteiger partial charge in [0.05, 0.1) is 10.6 Å². The van der Waals surface area contributed by atoms with Crippen LogP contribution in [0.15, 0.2) is 89.8 Å². The van der Waals surface area contributed by atoms with E-state index >= 15 is 0 Å². The molecule has 0 radical (unpaired) electrons. The van der Waals surface area contributed by atoms with Crippen LogP contribution < -0.4 is 9.62 Å². The Morgan fingerprint density at radius 2 is 1.53 bits per heavy atom. The van der Waals surface area contributed by atoms with Gasteiger partial charge in [0, 0.05) is 6.54 Å². The van der Waals surface area contributed by atoms with E-state index in [-0.39, 0.29) is 17.4 Å². The molecule has 32 heavy (non-hydrogen) atoms. The van der Waals surface area contributed by atoms with Crippen LogP contribution in [0.3, 0.4) is 0 Å². The number of rotatable bonds is 10. The van der Waals surface area contributed by atoms with Crippen molar-refractivity contribution in [2.24, 2.45) is 5.92 Å². The van der Waals surface area contributed by atoms with Gasteiger partial charge in [0.15, 0.2) is 0 Å². The Hall–Kier alpha value is -3.19. The van der Waals surface area contributed by atoms with Crippen LogP contribution in [-0.2, 0) is 21.2 Å². The molecule has 168 valence electrons. The molecule has 3 rings (SSSR count). The summed E-state index contributed by atoms with van der Waals surface area (Å²) >= 11 is 0. The van der Waals surface area contributed by atoms with Crippen LogP contribution in [0, 0.1) is 11.7 Å². The average Bonchev–Trinajstić information content (AvgIpc) is 2.81. The quantitative estimate of drug-likeness (QED) is 0.494. The molecule has 3 aromatic rings. The van der Waals surface area contributed by atoms with Gasteiger partial charge in [-0.2, -0.15) is 0 Å². The first-order valence-electron chi connectivity index (χ1n) is 10.5. The van der Waals surface area contributed by atoms with Crippen molar-refractivity contribution in [3.05, 3.63) is 96.3 Å². The van der Waals surface area contributed by atoms with Gasteiger partial charge in [-0.05, 0) is 54.3 Å². The smallest absolute Gasteiger partial charge is 0.264 e. The Morgan fingerprint density at radius 1 is 0.938 bits per heavy atom. The maximum Gasteiger partial charge on any atom is 0.264 e. The minimum atomic E-state index is -4.05. The summed E-state index contributed by atoms with van der Waals surface area (Å²) in [6.07, 6.45) is 1.71. The maximum atomic E-state index is 13.3. The van der Waals surface area contributed by atoms with Gasteiger partial charge in [0.2, 0.25) is 5.91 Å². The molecule has 7 heteroatoms. The van der Waals surface area contributed by atoms with E-state index in [0.717, 1.165) is 29.3 Å². The summed E-state index contributed by atoms with van der Waals surface area (Å²) in [5, 5.41) is 2.88. The number of hydrogen-bond acceptors (Lipinski definition) is 3. The molecular formula is C25H27FN2O3S. The van der Waals surface area contributed by atoms with Crippen LogP contribution in [-0.4, -0.2) is 27.4 Å². The number of sulfonamides is 1. The molecule has 0 aliphatic rings. The summed E-state index contributed by atoms with van der Waals surface area (Å²) in [7, 11) is -4.05. The second-order valence-electron chi connectivity index (χ2n) is 7.57. The number of carbonyl (C=O) groups excluding carboxylic acids is 1. The van der Waals surface area contributed by atoms with Gasteiger partial charge in [-0.15, -0.1) is 0 Å². The second-order valence-corrected chi connectivity index (χ2v) is 9.43. The Labute approximate surface area is 188 Å². The Balaban J connectivity index is 1.73. The molecule has 0 saturated heterocycles. The molecule has 0 saturated carbocycles. The lowest BCUT2D eigenvalue weighted by Crippen LogP contribution is -2.42. The van der Waals surface area contributed by atoms with Crippen molar-refractivity contribution in [1.29, 1.82) is 0 Å². The highest BCUT2D eigenvalue weighted by Gasteiger charge is 2.27. The first-order valence-corrected chi connectivity index (χ1v) is 12.0. The molecule has 1 atom stereocenters. The molecule has 0 aromatic heterocycles. The zero-order valence-electron chi connectivity index (χ0n) is 17.9. The van der Waals surface area contributed by atoms with Crippen LogP contribution in [0.4, 0.5) is 10.1 Å². The van der Waals surface area contributed by atoms with Crippen LogP contribution >= 0.6 is 0 Å². The van der Waals surface area contributed by atoms with E-state index in [1.807, 2.05) is 18.2 Å². The fourth-order valence-corrected chi connectivity index (χ4v) is 4.82.